The SMILES string of the molecule is O=C(O)c1cc(C(F)(F)F)ccc1-c1ccc(OCc2ccccc2)nc1OCc1ccccc1. The number of alkyl halides is 3. The number of aromatic nitrogens is 1. The van der Waals surface area contributed by atoms with E-state index in [1.807, 2.05) is 60.7 Å². The smallest absolute Gasteiger partial charge is 0.416 e. The number of pyridine rings is 1. The van der Waals surface area contributed by atoms with Gasteiger partial charge in [-0.25, -0.2) is 4.79 Å². The van der Waals surface area contributed by atoms with E-state index in [2.05, 4.69) is 4.98 Å². The van der Waals surface area contributed by atoms with Crippen molar-refractivity contribution in [3.63, 3.8) is 0 Å². The van der Waals surface area contributed by atoms with Gasteiger partial charge in [0.25, 0.3) is 0 Å². The fourth-order valence-corrected chi connectivity index (χ4v) is 3.41. The number of nitrogens with zero attached hydrogens (tertiary/aromatic N) is 1. The van der Waals surface area contributed by atoms with E-state index in [4.69, 9.17) is 9.47 Å². The van der Waals surface area contributed by atoms with Gasteiger partial charge in [0, 0.05) is 17.2 Å². The maximum absolute atomic E-state index is 13.2. The van der Waals surface area contributed by atoms with Crippen molar-refractivity contribution in [1.82, 2.24) is 4.98 Å². The topological polar surface area (TPSA) is 68.7 Å². The van der Waals surface area contributed by atoms with Crippen LogP contribution in [0.2, 0.25) is 0 Å². The summed E-state index contributed by atoms with van der Waals surface area (Å²) in [6.07, 6.45) is -4.68. The van der Waals surface area contributed by atoms with Gasteiger partial charge in [-0.1, -0.05) is 66.7 Å². The Bertz CT molecular complexity index is 1310. The lowest BCUT2D eigenvalue weighted by Crippen LogP contribution is -2.09. The molecule has 5 nitrogen and oxygen atoms in total. The quantitative estimate of drug-likeness (QED) is 0.307. The van der Waals surface area contributed by atoms with Crippen LogP contribution < -0.4 is 9.47 Å². The molecule has 178 valence electrons. The van der Waals surface area contributed by atoms with Crippen LogP contribution in [0.25, 0.3) is 11.1 Å². The second kappa shape index (κ2) is 10.3. The Hall–Kier alpha value is -4.33. The van der Waals surface area contributed by atoms with Crippen LogP contribution in [-0.2, 0) is 19.4 Å². The second-order valence-electron chi connectivity index (χ2n) is 7.61. The minimum absolute atomic E-state index is 0.0432. The zero-order chi connectivity index (χ0) is 24.8. The molecule has 0 radical (unpaired) electrons. The number of hydrogen-bond donors (Lipinski definition) is 1. The van der Waals surface area contributed by atoms with Crippen LogP contribution >= 0.6 is 0 Å². The fraction of sp³-hybridized carbons (Fsp3) is 0.111. The maximum Gasteiger partial charge on any atom is 0.416 e. The molecule has 35 heavy (non-hydrogen) atoms. The van der Waals surface area contributed by atoms with Crippen LogP contribution in [-0.4, -0.2) is 16.1 Å². The molecule has 4 aromatic rings. The second-order valence-corrected chi connectivity index (χ2v) is 7.61. The number of halogens is 3. The number of hydrogen-bond acceptors (Lipinski definition) is 4. The third-order valence-electron chi connectivity index (χ3n) is 5.15. The number of aromatic carboxylic acids is 1. The minimum Gasteiger partial charge on any atom is -0.478 e. The van der Waals surface area contributed by atoms with Gasteiger partial charge in [0.15, 0.2) is 0 Å². The Morgan fingerprint density at radius 3 is 1.91 bits per heavy atom. The Balaban J connectivity index is 1.71. The van der Waals surface area contributed by atoms with E-state index < -0.39 is 23.3 Å². The third kappa shape index (κ3) is 5.97. The highest BCUT2D eigenvalue weighted by Crippen LogP contribution is 2.37. The molecular weight excluding hydrogens is 459 g/mol. The van der Waals surface area contributed by atoms with Crippen molar-refractivity contribution < 1.29 is 32.5 Å². The van der Waals surface area contributed by atoms with Gasteiger partial charge in [0.2, 0.25) is 11.8 Å². The third-order valence-corrected chi connectivity index (χ3v) is 5.15. The highest BCUT2D eigenvalue weighted by molar-refractivity contribution is 5.97. The van der Waals surface area contributed by atoms with E-state index in [9.17, 15) is 23.1 Å². The molecule has 1 heterocycles. The molecule has 3 aromatic carbocycles. The Morgan fingerprint density at radius 2 is 1.34 bits per heavy atom. The molecule has 0 bridgehead atoms. The highest BCUT2D eigenvalue weighted by Gasteiger charge is 2.32. The zero-order valence-corrected chi connectivity index (χ0v) is 18.3. The molecule has 0 aliphatic carbocycles. The summed E-state index contributed by atoms with van der Waals surface area (Å²) in [5, 5.41) is 9.63. The predicted octanol–water partition coefficient (Wildman–Crippen LogP) is 6.62. The molecule has 1 aromatic heterocycles. The summed E-state index contributed by atoms with van der Waals surface area (Å²) in [5.74, 6) is -1.23. The fourth-order valence-electron chi connectivity index (χ4n) is 3.41. The summed E-state index contributed by atoms with van der Waals surface area (Å²) in [5.41, 5.74) is 0.475. The number of carboxylic acid groups (broad SMARTS) is 1. The van der Waals surface area contributed by atoms with Gasteiger partial charge in [-0.15, -0.1) is 0 Å². The molecule has 0 aliphatic rings. The molecule has 0 spiro atoms. The van der Waals surface area contributed by atoms with Crippen LogP contribution in [0.1, 0.15) is 27.0 Å². The summed E-state index contributed by atoms with van der Waals surface area (Å²) < 4.78 is 51.2. The standard InChI is InChI=1S/C27H20F3NO4/c28-27(29,30)20-11-12-21(23(15-20)26(32)33)22-13-14-24(34-16-18-7-3-1-4-8-18)31-25(22)35-17-19-9-5-2-6-10-19/h1-15H,16-17H2,(H,32,33). The first-order chi connectivity index (χ1) is 16.8. The van der Waals surface area contributed by atoms with E-state index in [1.165, 1.54) is 12.1 Å². The maximum atomic E-state index is 13.2. The molecule has 0 atom stereocenters. The van der Waals surface area contributed by atoms with Crippen molar-refractivity contribution in [3.8, 4) is 22.9 Å². The summed E-state index contributed by atoms with van der Waals surface area (Å²) in [4.78, 5) is 16.2. The Labute approximate surface area is 199 Å². The van der Waals surface area contributed by atoms with E-state index in [1.54, 1.807) is 0 Å². The lowest BCUT2D eigenvalue weighted by atomic mass is 9.98. The molecule has 0 amide bonds. The van der Waals surface area contributed by atoms with Crippen LogP contribution in [0.5, 0.6) is 11.8 Å². The van der Waals surface area contributed by atoms with Gasteiger partial charge >= 0.3 is 12.1 Å². The first-order valence-electron chi connectivity index (χ1n) is 10.6. The molecule has 0 saturated heterocycles. The number of benzene rings is 3. The van der Waals surface area contributed by atoms with Crippen LogP contribution in [0.3, 0.4) is 0 Å². The van der Waals surface area contributed by atoms with Crippen LogP contribution in [0.15, 0.2) is 91.0 Å². The summed E-state index contributed by atoms with van der Waals surface area (Å²) in [6, 6.07) is 24.3. The number of carbonyl (C=O) groups is 1. The lowest BCUT2D eigenvalue weighted by molar-refractivity contribution is -0.137. The van der Waals surface area contributed by atoms with Gasteiger partial charge in [-0.2, -0.15) is 18.2 Å². The van der Waals surface area contributed by atoms with Crippen molar-refractivity contribution in [1.29, 1.82) is 0 Å². The summed E-state index contributed by atoms with van der Waals surface area (Å²) in [7, 11) is 0. The van der Waals surface area contributed by atoms with E-state index in [0.29, 0.717) is 6.07 Å². The number of rotatable bonds is 8. The molecule has 0 aliphatic heterocycles. The van der Waals surface area contributed by atoms with Crippen molar-refractivity contribution in [2.24, 2.45) is 0 Å². The lowest BCUT2D eigenvalue weighted by Gasteiger charge is -2.16. The van der Waals surface area contributed by atoms with Gasteiger partial charge in [0.1, 0.15) is 13.2 Å². The average Bonchev–Trinajstić information content (AvgIpc) is 2.86. The molecule has 1 N–H and O–H groups in total. The van der Waals surface area contributed by atoms with Crippen molar-refractivity contribution in [2.75, 3.05) is 0 Å². The molecule has 0 unspecified atom stereocenters. The summed E-state index contributed by atoms with van der Waals surface area (Å²) in [6.45, 7) is 0.359. The normalized spacial score (nSPS) is 11.2. The first-order valence-corrected chi connectivity index (χ1v) is 10.6. The van der Waals surface area contributed by atoms with Crippen LogP contribution in [0.4, 0.5) is 13.2 Å². The van der Waals surface area contributed by atoms with Crippen molar-refractivity contribution in [3.05, 3.63) is 113 Å². The van der Waals surface area contributed by atoms with Gasteiger partial charge in [-0.05, 0) is 29.3 Å². The van der Waals surface area contributed by atoms with Gasteiger partial charge in [-0.3, -0.25) is 0 Å². The number of carboxylic acids is 1. The minimum atomic E-state index is -4.68. The van der Waals surface area contributed by atoms with Gasteiger partial charge < -0.3 is 14.6 Å². The van der Waals surface area contributed by atoms with Crippen molar-refractivity contribution >= 4 is 5.97 Å². The molecule has 4 rings (SSSR count). The monoisotopic (exact) mass is 479 g/mol. The summed E-state index contributed by atoms with van der Waals surface area (Å²) >= 11 is 0. The van der Waals surface area contributed by atoms with Gasteiger partial charge in [0.05, 0.1) is 11.1 Å². The molecular formula is C27H20F3NO4. The molecule has 0 fully saturated rings. The van der Waals surface area contributed by atoms with E-state index >= 15 is 0 Å². The average molecular weight is 479 g/mol. The molecule has 0 saturated carbocycles. The van der Waals surface area contributed by atoms with E-state index in [-0.39, 0.29) is 36.1 Å². The zero-order valence-electron chi connectivity index (χ0n) is 18.3. The van der Waals surface area contributed by atoms with E-state index in [0.717, 1.165) is 23.3 Å². The molecule has 8 heteroatoms. The Kier molecular flexibility index (Phi) is 7.01. The van der Waals surface area contributed by atoms with Crippen LogP contribution in [0, 0.1) is 0 Å². The predicted molar refractivity (Wildman–Crippen MR) is 123 cm³/mol. The first kappa shape index (κ1) is 23.8. The Morgan fingerprint density at radius 1 is 0.771 bits per heavy atom. The van der Waals surface area contributed by atoms with Crippen molar-refractivity contribution in [2.45, 2.75) is 19.4 Å². The number of ether oxygens (including phenoxy) is 2. The highest BCUT2D eigenvalue weighted by atomic mass is 19.4. The largest absolute Gasteiger partial charge is 0.478 e.